The summed E-state index contributed by atoms with van der Waals surface area (Å²) in [5.74, 6) is -0.0511. The van der Waals surface area contributed by atoms with Crippen LogP contribution in [0.4, 0.5) is 0 Å². The van der Waals surface area contributed by atoms with Crippen molar-refractivity contribution in [1.82, 2.24) is 9.21 Å². The van der Waals surface area contributed by atoms with Crippen molar-refractivity contribution >= 4 is 21.7 Å². The van der Waals surface area contributed by atoms with Crippen LogP contribution in [0, 0.1) is 0 Å². The Morgan fingerprint density at radius 1 is 0.867 bits per heavy atom. The number of Topliss-reactive ketones (excluding diaryl/α,β-unsaturated/α-hetero) is 1. The molecule has 7 heteroatoms. The Bertz CT molecular complexity index is 991. The molecule has 3 rings (SSSR count). The van der Waals surface area contributed by atoms with Crippen LogP contribution in [0.3, 0.4) is 0 Å². The van der Waals surface area contributed by atoms with E-state index in [0.717, 1.165) is 12.0 Å². The lowest BCUT2D eigenvalue weighted by Crippen LogP contribution is -2.50. The number of sulfonamides is 1. The number of carbonyl (C=O) groups is 2. The molecule has 0 N–H and O–H groups in total. The quantitative estimate of drug-likeness (QED) is 0.636. The van der Waals surface area contributed by atoms with Crippen molar-refractivity contribution in [3.63, 3.8) is 0 Å². The van der Waals surface area contributed by atoms with Gasteiger partial charge >= 0.3 is 0 Å². The number of hydrogen-bond donors (Lipinski definition) is 0. The fourth-order valence-corrected chi connectivity index (χ4v) is 4.96. The topological polar surface area (TPSA) is 74.8 Å². The zero-order valence-corrected chi connectivity index (χ0v) is 18.3. The average molecular weight is 429 g/mol. The minimum atomic E-state index is -3.63. The normalized spacial score (nSPS) is 15.2. The number of carbonyl (C=O) groups excluding carboxylic acids is 2. The van der Waals surface area contributed by atoms with Gasteiger partial charge in [0.2, 0.25) is 15.9 Å². The molecule has 1 amide bonds. The van der Waals surface area contributed by atoms with Crippen LogP contribution < -0.4 is 0 Å². The predicted molar refractivity (Wildman–Crippen MR) is 116 cm³/mol. The molecule has 0 aliphatic carbocycles. The summed E-state index contributed by atoms with van der Waals surface area (Å²) in [6, 6.07) is 14.3. The smallest absolute Gasteiger partial charge is 0.243 e. The van der Waals surface area contributed by atoms with E-state index >= 15 is 0 Å². The Balaban J connectivity index is 1.54. The molecular formula is C23H28N2O4S. The molecule has 1 aliphatic rings. The zero-order valence-electron chi connectivity index (χ0n) is 17.5. The highest BCUT2D eigenvalue weighted by atomic mass is 32.2. The van der Waals surface area contributed by atoms with E-state index < -0.39 is 10.0 Å². The summed E-state index contributed by atoms with van der Waals surface area (Å²) in [5.41, 5.74) is 2.89. The van der Waals surface area contributed by atoms with E-state index in [0.29, 0.717) is 31.5 Å². The summed E-state index contributed by atoms with van der Waals surface area (Å²) in [4.78, 5) is 25.8. The van der Waals surface area contributed by atoms with Crippen LogP contribution in [0.2, 0.25) is 0 Å². The fourth-order valence-electron chi connectivity index (χ4n) is 3.54. The molecule has 6 nitrogen and oxygen atoms in total. The molecular weight excluding hydrogens is 400 g/mol. The number of aryl methyl sites for hydroxylation is 2. The summed E-state index contributed by atoms with van der Waals surface area (Å²) < 4.78 is 27.1. The molecule has 160 valence electrons. The average Bonchev–Trinajstić information content (AvgIpc) is 2.78. The van der Waals surface area contributed by atoms with Crippen LogP contribution in [-0.4, -0.2) is 55.5 Å². The SMILES string of the molecule is CCc1ccc(CCC(=O)N2CCN(S(=O)(=O)c3ccc(C(C)=O)cc3)CC2)cc1. The molecule has 0 aromatic heterocycles. The number of nitrogens with zero attached hydrogens (tertiary/aromatic N) is 2. The summed E-state index contributed by atoms with van der Waals surface area (Å²) in [6.45, 7) is 4.87. The molecule has 0 atom stereocenters. The van der Waals surface area contributed by atoms with Crippen molar-refractivity contribution in [2.75, 3.05) is 26.2 Å². The van der Waals surface area contributed by atoms with Crippen LogP contribution in [0.25, 0.3) is 0 Å². The number of rotatable bonds is 7. The number of amides is 1. The van der Waals surface area contributed by atoms with Gasteiger partial charge in [0, 0.05) is 38.2 Å². The summed E-state index contributed by atoms with van der Waals surface area (Å²) in [7, 11) is -3.63. The molecule has 1 fully saturated rings. The second-order valence-corrected chi connectivity index (χ2v) is 9.47. The fraction of sp³-hybridized carbons (Fsp3) is 0.391. The van der Waals surface area contributed by atoms with Crippen molar-refractivity contribution < 1.29 is 18.0 Å². The van der Waals surface area contributed by atoms with Gasteiger partial charge in [0.05, 0.1) is 4.90 Å². The molecule has 1 saturated heterocycles. The molecule has 1 heterocycles. The van der Waals surface area contributed by atoms with Crippen molar-refractivity contribution in [1.29, 1.82) is 0 Å². The highest BCUT2D eigenvalue weighted by Crippen LogP contribution is 2.19. The van der Waals surface area contributed by atoms with Crippen molar-refractivity contribution in [2.24, 2.45) is 0 Å². The summed E-state index contributed by atoms with van der Waals surface area (Å²) in [5, 5.41) is 0. The summed E-state index contributed by atoms with van der Waals surface area (Å²) >= 11 is 0. The Morgan fingerprint density at radius 3 is 1.97 bits per heavy atom. The van der Waals surface area contributed by atoms with Gasteiger partial charge in [-0.3, -0.25) is 9.59 Å². The lowest BCUT2D eigenvalue weighted by atomic mass is 10.1. The maximum Gasteiger partial charge on any atom is 0.243 e. The largest absolute Gasteiger partial charge is 0.340 e. The second kappa shape index (κ2) is 9.53. The van der Waals surface area contributed by atoms with E-state index in [-0.39, 0.29) is 29.7 Å². The van der Waals surface area contributed by atoms with Crippen molar-refractivity contribution in [2.45, 2.75) is 38.0 Å². The van der Waals surface area contributed by atoms with Crippen molar-refractivity contribution in [3.05, 3.63) is 65.2 Å². The molecule has 0 saturated carbocycles. The number of piperazine rings is 1. The van der Waals surface area contributed by atoms with E-state index in [1.807, 2.05) is 0 Å². The molecule has 0 unspecified atom stereocenters. The number of hydrogen-bond acceptors (Lipinski definition) is 4. The molecule has 2 aromatic rings. The van der Waals surface area contributed by atoms with Gasteiger partial charge in [-0.2, -0.15) is 4.31 Å². The molecule has 30 heavy (non-hydrogen) atoms. The number of ketones is 1. The minimum Gasteiger partial charge on any atom is -0.340 e. The van der Waals surface area contributed by atoms with Crippen LogP contribution in [0.5, 0.6) is 0 Å². The van der Waals surface area contributed by atoms with E-state index in [9.17, 15) is 18.0 Å². The lowest BCUT2D eigenvalue weighted by Gasteiger charge is -2.34. The minimum absolute atomic E-state index is 0.0532. The van der Waals surface area contributed by atoms with Gasteiger partial charge in [-0.1, -0.05) is 43.3 Å². The first-order chi connectivity index (χ1) is 14.3. The first kappa shape index (κ1) is 22.2. The monoisotopic (exact) mass is 428 g/mol. The van der Waals surface area contributed by atoms with Gasteiger partial charge < -0.3 is 4.90 Å². The zero-order chi connectivity index (χ0) is 21.7. The first-order valence-corrected chi connectivity index (χ1v) is 11.7. The molecule has 0 radical (unpaired) electrons. The van der Waals surface area contributed by atoms with E-state index in [2.05, 4.69) is 31.2 Å². The third-order valence-electron chi connectivity index (χ3n) is 5.55. The lowest BCUT2D eigenvalue weighted by molar-refractivity contribution is -0.132. The Morgan fingerprint density at radius 2 is 1.43 bits per heavy atom. The second-order valence-electron chi connectivity index (χ2n) is 7.54. The third-order valence-corrected chi connectivity index (χ3v) is 7.46. The molecule has 2 aromatic carbocycles. The summed E-state index contributed by atoms with van der Waals surface area (Å²) in [6.07, 6.45) is 2.10. The van der Waals surface area contributed by atoms with E-state index in [4.69, 9.17) is 0 Å². The Hall–Kier alpha value is -2.51. The Kier molecular flexibility index (Phi) is 7.05. The van der Waals surface area contributed by atoms with Gasteiger partial charge in [-0.15, -0.1) is 0 Å². The maximum absolute atomic E-state index is 12.8. The van der Waals surface area contributed by atoms with Gasteiger partial charge in [0.25, 0.3) is 0 Å². The Labute approximate surface area is 178 Å². The first-order valence-electron chi connectivity index (χ1n) is 10.3. The van der Waals surface area contributed by atoms with Gasteiger partial charge in [-0.25, -0.2) is 8.42 Å². The van der Waals surface area contributed by atoms with Gasteiger partial charge in [-0.05, 0) is 43.0 Å². The predicted octanol–water partition coefficient (Wildman–Crippen LogP) is 2.92. The van der Waals surface area contributed by atoms with Crippen LogP contribution in [0.1, 0.15) is 41.8 Å². The van der Waals surface area contributed by atoms with Crippen molar-refractivity contribution in [3.8, 4) is 0 Å². The molecule has 0 spiro atoms. The highest BCUT2D eigenvalue weighted by Gasteiger charge is 2.30. The standard InChI is InChI=1S/C23H28N2O4S/c1-3-19-4-6-20(7-5-19)8-13-23(27)24-14-16-25(17-15-24)30(28,29)22-11-9-21(10-12-22)18(2)26/h4-7,9-12H,3,8,13-17H2,1-2H3. The van der Waals surface area contributed by atoms with E-state index in [1.54, 1.807) is 4.90 Å². The highest BCUT2D eigenvalue weighted by molar-refractivity contribution is 7.89. The molecule has 0 bridgehead atoms. The maximum atomic E-state index is 12.8. The van der Waals surface area contributed by atoms with Crippen LogP contribution in [0.15, 0.2) is 53.4 Å². The molecule has 1 aliphatic heterocycles. The van der Waals surface area contributed by atoms with Crippen LogP contribution >= 0.6 is 0 Å². The van der Waals surface area contributed by atoms with Crippen LogP contribution in [-0.2, 0) is 27.7 Å². The van der Waals surface area contributed by atoms with Gasteiger partial charge in [0.1, 0.15) is 0 Å². The third kappa shape index (κ3) is 5.15. The van der Waals surface area contributed by atoms with Gasteiger partial charge in [0.15, 0.2) is 5.78 Å². The van der Waals surface area contributed by atoms with E-state index in [1.165, 1.54) is 41.1 Å². The number of benzene rings is 2.